The maximum Gasteiger partial charge on any atom is 0.316 e. The molecule has 44 heavy (non-hydrogen) atoms. The molecule has 234 valence electrons. The Bertz CT molecular complexity index is 1570. The highest BCUT2D eigenvalue weighted by atomic mass is 32.2. The number of anilines is 3. The highest BCUT2D eigenvalue weighted by Crippen LogP contribution is 2.34. The number of fused-ring (bicyclic) bond motifs is 1. The molecule has 1 aliphatic rings. The van der Waals surface area contributed by atoms with Crippen molar-refractivity contribution >= 4 is 27.4 Å². The molecule has 10 heteroatoms. The molecular formula is C34H43N5O4S. The summed E-state index contributed by atoms with van der Waals surface area (Å²) < 4.78 is 35.6. The zero-order valence-corrected chi connectivity index (χ0v) is 26.2. The molecule has 1 atom stereocenters. The van der Waals surface area contributed by atoms with Crippen molar-refractivity contribution in [3.05, 3.63) is 95.6 Å². The van der Waals surface area contributed by atoms with Crippen molar-refractivity contribution in [3.8, 4) is 0 Å². The Hall–Kier alpha value is -3.73. The van der Waals surface area contributed by atoms with E-state index in [-0.39, 0.29) is 10.9 Å². The average molecular weight is 618 g/mol. The van der Waals surface area contributed by atoms with Crippen LogP contribution in [0.3, 0.4) is 0 Å². The highest BCUT2D eigenvalue weighted by Gasteiger charge is 2.31. The molecule has 2 aromatic heterocycles. The van der Waals surface area contributed by atoms with E-state index in [4.69, 9.17) is 4.42 Å². The molecule has 0 bridgehead atoms. The lowest BCUT2D eigenvalue weighted by Gasteiger charge is -2.21. The van der Waals surface area contributed by atoms with Gasteiger partial charge in [-0.1, -0.05) is 57.2 Å². The Morgan fingerprint density at radius 1 is 1.02 bits per heavy atom. The minimum Gasteiger partial charge on any atom is -0.428 e. The van der Waals surface area contributed by atoms with Crippen LogP contribution in [0.15, 0.2) is 82.5 Å². The summed E-state index contributed by atoms with van der Waals surface area (Å²) in [6.07, 6.45) is 13.6. The Kier molecular flexibility index (Phi) is 11.0. The van der Waals surface area contributed by atoms with E-state index in [2.05, 4.69) is 27.5 Å². The zero-order chi connectivity index (χ0) is 30.8. The molecule has 3 heterocycles. The van der Waals surface area contributed by atoms with Crippen LogP contribution in [0.1, 0.15) is 74.0 Å². The summed E-state index contributed by atoms with van der Waals surface area (Å²) in [5.74, 6) is 0.685. The first-order valence-electron chi connectivity index (χ1n) is 15.7. The van der Waals surface area contributed by atoms with Gasteiger partial charge >= 0.3 is 6.01 Å². The molecule has 0 aliphatic carbocycles. The van der Waals surface area contributed by atoms with Crippen LogP contribution >= 0.6 is 0 Å². The highest BCUT2D eigenvalue weighted by molar-refractivity contribution is 7.93. The second-order valence-electron chi connectivity index (χ2n) is 11.3. The van der Waals surface area contributed by atoms with Gasteiger partial charge in [0, 0.05) is 43.2 Å². The summed E-state index contributed by atoms with van der Waals surface area (Å²) in [5, 5.41) is 16.9. The Labute approximate surface area is 260 Å². The molecule has 4 aromatic rings. The Morgan fingerprint density at radius 3 is 2.64 bits per heavy atom. The number of hydrogen-bond donors (Lipinski definition) is 3. The topological polar surface area (TPSA) is 121 Å². The first kappa shape index (κ1) is 31.7. The van der Waals surface area contributed by atoms with E-state index < -0.39 is 16.1 Å². The van der Waals surface area contributed by atoms with Crippen LogP contribution in [-0.4, -0.2) is 43.1 Å². The number of hydrogen-bond acceptors (Lipinski definition) is 8. The number of aliphatic hydroxyl groups excluding tert-OH is 1. The molecule has 0 amide bonds. The van der Waals surface area contributed by atoms with E-state index in [1.807, 2.05) is 24.3 Å². The number of sulfonamides is 1. The van der Waals surface area contributed by atoms with Crippen molar-refractivity contribution in [1.29, 1.82) is 0 Å². The lowest BCUT2D eigenvalue weighted by atomic mass is 10.1. The van der Waals surface area contributed by atoms with Crippen LogP contribution in [-0.2, 0) is 29.3 Å². The molecule has 0 spiro atoms. The van der Waals surface area contributed by atoms with Crippen molar-refractivity contribution < 1.29 is 17.9 Å². The number of aliphatic hydroxyl groups is 1. The number of oxazole rings is 1. The zero-order valence-electron chi connectivity index (χ0n) is 25.4. The van der Waals surface area contributed by atoms with Crippen molar-refractivity contribution in [2.45, 2.75) is 75.7 Å². The largest absolute Gasteiger partial charge is 0.428 e. The van der Waals surface area contributed by atoms with E-state index in [0.29, 0.717) is 31.0 Å². The van der Waals surface area contributed by atoms with E-state index in [1.54, 1.807) is 48.9 Å². The maximum absolute atomic E-state index is 14.1. The van der Waals surface area contributed by atoms with Gasteiger partial charge in [-0.3, -0.25) is 4.98 Å². The summed E-state index contributed by atoms with van der Waals surface area (Å²) >= 11 is 0. The van der Waals surface area contributed by atoms with Crippen LogP contribution in [0.25, 0.3) is 0 Å². The minimum absolute atomic E-state index is 0.0448. The number of pyridine rings is 1. The number of aromatic nitrogens is 2. The fraction of sp³-hybridized carbons (Fsp3) is 0.412. The monoisotopic (exact) mass is 617 g/mol. The normalized spacial score (nSPS) is 13.4. The summed E-state index contributed by atoms with van der Waals surface area (Å²) in [4.78, 5) is 8.70. The van der Waals surface area contributed by atoms with Crippen LogP contribution in [0, 0.1) is 0 Å². The molecule has 3 N–H and O–H groups in total. The third-order valence-corrected chi connectivity index (χ3v) is 9.68. The number of nitrogens with one attached hydrogen (secondary N) is 2. The summed E-state index contributed by atoms with van der Waals surface area (Å²) in [7, 11) is -4.02. The first-order chi connectivity index (χ1) is 21.5. The van der Waals surface area contributed by atoms with Gasteiger partial charge in [-0.25, -0.2) is 13.4 Å². The van der Waals surface area contributed by atoms with Crippen molar-refractivity contribution in [2.75, 3.05) is 29.3 Å². The third kappa shape index (κ3) is 8.05. The van der Waals surface area contributed by atoms with Gasteiger partial charge in [0.1, 0.15) is 5.76 Å². The van der Waals surface area contributed by atoms with Gasteiger partial charge in [0.05, 0.1) is 22.9 Å². The van der Waals surface area contributed by atoms with Crippen LogP contribution in [0.5, 0.6) is 0 Å². The first-order valence-corrected chi connectivity index (χ1v) is 17.1. The molecule has 1 unspecified atom stereocenters. The summed E-state index contributed by atoms with van der Waals surface area (Å²) in [5.41, 5.74) is 4.22. The maximum atomic E-state index is 14.1. The second kappa shape index (κ2) is 15.3. The molecule has 0 radical (unpaired) electrons. The van der Waals surface area contributed by atoms with E-state index in [9.17, 15) is 13.5 Å². The number of aryl methyl sites for hydroxylation is 1. The molecule has 1 aliphatic heterocycles. The van der Waals surface area contributed by atoms with E-state index in [1.165, 1.54) is 30.0 Å². The quantitative estimate of drug-likeness (QED) is 0.118. The molecule has 9 nitrogen and oxygen atoms in total. The lowest BCUT2D eigenvalue weighted by molar-refractivity contribution is 0.174. The standard InChI is InChI=1S/C34H43N5O4S/c1-2-3-4-5-6-7-10-30-24-38-34(43-30)39(44(41,42)31-15-16-32-27(22-31)18-21-37-32)29-13-11-26(12-14-29)17-20-36-25-33(40)28-9-8-19-35-23-28/h8-9,11-16,19,22-24,33,36-37,40H,2-7,10,17-18,20-21,25H2,1H3. The van der Waals surface area contributed by atoms with Crippen molar-refractivity contribution in [1.82, 2.24) is 15.3 Å². The van der Waals surface area contributed by atoms with E-state index >= 15 is 0 Å². The fourth-order valence-corrected chi connectivity index (χ4v) is 6.88. The van der Waals surface area contributed by atoms with Crippen LogP contribution in [0.2, 0.25) is 0 Å². The minimum atomic E-state index is -4.02. The van der Waals surface area contributed by atoms with Gasteiger partial charge in [0.25, 0.3) is 10.0 Å². The number of rotatable bonds is 17. The molecule has 2 aromatic carbocycles. The molecule has 0 fully saturated rings. The predicted molar refractivity (Wildman–Crippen MR) is 174 cm³/mol. The van der Waals surface area contributed by atoms with Crippen LogP contribution in [0.4, 0.5) is 17.4 Å². The van der Waals surface area contributed by atoms with Gasteiger partial charge < -0.3 is 20.2 Å². The number of unbranched alkanes of at least 4 members (excludes halogenated alkanes) is 5. The third-order valence-electron chi connectivity index (χ3n) is 7.98. The Balaban J connectivity index is 1.29. The smallest absolute Gasteiger partial charge is 0.316 e. The summed E-state index contributed by atoms with van der Waals surface area (Å²) in [6, 6.07) is 16.3. The van der Waals surface area contributed by atoms with Gasteiger partial charge in [0.2, 0.25) is 0 Å². The molecule has 5 rings (SSSR count). The summed E-state index contributed by atoms with van der Waals surface area (Å²) in [6.45, 7) is 4.07. The predicted octanol–water partition coefficient (Wildman–Crippen LogP) is 6.33. The number of benzene rings is 2. The Morgan fingerprint density at radius 2 is 1.84 bits per heavy atom. The lowest BCUT2D eigenvalue weighted by Crippen LogP contribution is -2.27. The van der Waals surface area contributed by atoms with Crippen molar-refractivity contribution in [2.24, 2.45) is 0 Å². The molecule has 0 saturated carbocycles. The SMILES string of the molecule is CCCCCCCCc1cnc(N(c2ccc(CCNCC(O)c3cccnc3)cc2)S(=O)(=O)c2ccc3c(c2)CCN3)o1. The van der Waals surface area contributed by atoms with E-state index in [0.717, 1.165) is 54.6 Å². The molecular weight excluding hydrogens is 574 g/mol. The average Bonchev–Trinajstić information content (AvgIpc) is 3.71. The van der Waals surface area contributed by atoms with Gasteiger partial charge in [-0.2, -0.15) is 4.31 Å². The molecule has 0 saturated heterocycles. The van der Waals surface area contributed by atoms with Crippen molar-refractivity contribution in [3.63, 3.8) is 0 Å². The fourth-order valence-electron chi connectivity index (χ4n) is 5.45. The number of nitrogens with zero attached hydrogens (tertiary/aromatic N) is 3. The van der Waals surface area contributed by atoms with Gasteiger partial charge in [0.15, 0.2) is 0 Å². The van der Waals surface area contributed by atoms with Gasteiger partial charge in [-0.15, -0.1) is 0 Å². The second-order valence-corrected chi connectivity index (χ2v) is 13.1. The van der Waals surface area contributed by atoms with Crippen LogP contribution < -0.4 is 14.9 Å². The van der Waals surface area contributed by atoms with Gasteiger partial charge in [-0.05, 0) is 73.3 Å².